The van der Waals surface area contributed by atoms with Gasteiger partial charge in [-0.3, -0.25) is 9.59 Å². The molecule has 0 saturated carbocycles. The van der Waals surface area contributed by atoms with E-state index in [4.69, 9.17) is 10.5 Å². The zero-order valence-electron chi connectivity index (χ0n) is 16.1. The van der Waals surface area contributed by atoms with Gasteiger partial charge in [0.15, 0.2) is 0 Å². The molecule has 1 aromatic rings. The normalized spacial score (nSPS) is 19.9. The van der Waals surface area contributed by atoms with Crippen molar-refractivity contribution in [2.75, 3.05) is 24.7 Å². The topological polar surface area (TPSA) is 84.7 Å². The lowest BCUT2D eigenvalue weighted by molar-refractivity contribution is -0.130. The van der Waals surface area contributed by atoms with Gasteiger partial charge in [-0.05, 0) is 36.8 Å². The predicted molar refractivity (Wildman–Crippen MR) is 105 cm³/mol. The summed E-state index contributed by atoms with van der Waals surface area (Å²) in [6.07, 6.45) is 5.25. The fourth-order valence-electron chi connectivity index (χ4n) is 3.54. The first-order chi connectivity index (χ1) is 12.9. The summed E-state index contributed by atoms with van der Waals surface area (Å²) in [5, 5.41) is 3.01. The summed E-state index contributed by atoms with van der Waals surface area (Å²) in [5.41, 5.74) is 7.54. The number of nitrogens with two attached hydrogens (primary N) is 1. The van der Waals surface area contributed by atoms with Gasteiger partial charge in [-0.25, -0.2) is 0 Å². The third-order valence-electron chi connectivity index (χ3n) is 5.45. The molecule has 0 aliphatic carbocycles. The summed E-state index contributed by atoms with van der Waals surface area (Å²) < 4.78 is 5.31. The highest BCUT2D eigenvalue weighted by molar-refractivity contribution is 6.03. The van der Waals surface area contributed by atoms with E-state index in [0.29, 0.717) is 32.6 Å². The molecule has 146 valence electrons. The molecule has 0 aromatic heterocycles. The van der Waals surface area contributed by atoms with Crippen molar-refractivity contribution in [2.24, 2.45) is 11.7 Å². The molecule has 2 aliphatic rings. The third kappa shape index (κ3) is 4.39. The van der Waals surface area contributed by atoms with Gasteiger partial charge in [0.2, 0.25) is 5.91 Å². The largest absolute Gasteiger partial charge is 0.381 e. The quantitative estimate of drug-likeness (QED) is 0.773. The molecule has 1 atom stereocenters. The smallest absolute Gasteiger partial charge is 0.250 e. The molecule has 3 rings (SSSR count). The molecule has 1 saturated heterocycles. The lowest BCUT2D eigenvalue weighted by atomic mass is 9.89. The van der Waals surface area contributed by atoms with E-state index >= 15 is 0 Å². The highest BCUT2D eigenvalue weighted by atomic mass is 16.5. The Morgan fingerprint density at radius 3 is 2.67 bits per heavy atom. The first kappa shape index (κ1) is 19.6. The lowest BCUT2D eigenvalue weighted by Gasteiger charge is -2.33. The number of hydrogen-bond donors (Lipinski definition) is 2. The number of nitrogens with one attached hydrogen (secondary N) is 1. The van der Waals surface area contributed by atoms with E-state index in [1.54, 1.807) is 17.1 Å². The van der Waals surface area contributed by atoms with Crippen LogP contribution in [0.25, 0.3) is 0 Å². The van der Waals surface area contributed by atoms with Crippen LogP contribution in [-0.4, -0.2) is 43.2 Å². The molecule has 2 aliphatic heterocycles. The average molecular weight is 371 g/mol. The number of hydrogen-bond acceptors (Lipinski definition) is 4. The number of anilines is 1. The number of rotatable bonds is 5. The predicted octanol–water partition coefficient (Wildman–Crippen LogP) is 1.78. The molecule has 0 radical (unpaired) electrons. The van der Waals surface area contributed by atoms with Gasteiger partial charge in [-0.2, -0.15) is 0 Å². The standard InChI is InChI=1S/C21H29N3O3/c1-15(2)17(23-20(26)21(22)10-13-27-14-11-21)7-8-19(25)24-12-9-16-5-3-4-6-18(16)24/h3-8,15,17H,9-14,22H2,1-2H3,(H,23,26)/b8-7+/t17-/m1/s1. The van der Waals surface area contributed by atoms with Gasteiger partial charge in [0.25, 0.3) is 5.91 Å². The molecule has 2 heterocycles. The van der Waals surface area contributed by atoms with E-state index in [0.717, 1.165) is 12.1 Å². The van der Waals surface area contributed by atoms with E-state index in [1.165, 1.54) is 5.56 Å². The maximum Gasteiger partial charge on any atom is 0.250 e. The number of ether oxygens (including phenoxy) is 1. The second-order valence-electron chi connectivity index (χ2n) is 7.74. The van der Waals surface area contributed by atoms with Gasteiger partial charge >= 0.3 is 0 Å². The fourth-order valence-corrected chi connectivity index (χ4v) is 3.54. The molecule has 2 amide bonds. The van der Waals surface area contributed by atoms with Crippen LogP contribution in [0.2, 0.25) is 0 Å². The van der Waals surface area contributed by atoms with Crippen molar-refractivity contribution >= 4 is 17.5 Å². The second-order valence-corrected chi connectivity index (χ2v) is 7.74. The molecule has 6 heteroatoms. The van der Waals surface area contributed by atoms with Crippen LogP contribution in [0, 0.1) is 5.92 Å². The maximum absolute atomic E-state index is 12.7. The van der Waals surface area contributed by atoms with Crippen molar-refractivity contribution in [1.29, 1.82) is 0 Å². The van der Waals surface area contributed by atoms with Crippen molar-refractivity contribution in [2.45, 2.75) is 44.7 Å². The van der Waals surface area contributed by atoms with Gasteiger partial charge < -0.3 is 20.7 Å². The van der Waals surface area contributed by atoms with Crippen LogP contribution in [0.3, 0.4) is 0 Å². The molecule has 0 spiro atoms. The van der Waals surface area contributed by atoms with Gasteiger partial charge in [-0.1, -0.05) is 38.1 Å². The van der Waals surface area contributed by atoms with Crippen LogP contribution in [0.5, 0.6) is 0 Å². The number of para-hydroxylation sites is 1. The summed E-state index contributed by atoms with van der Waals surface area (Å²) in [6, 6.07) is 7.71. The monoisotopic (exact) mass is 371 g/mol. The van der Waals surface area contributed by atoms with Crippen LogP contribution < -0.4 is 16.0 Å². The summed E-state index contributed by atoms with van der Waals surface area (Å²) in [4.78, 5) is 27.1. The van der Waals surface area contributed by atoms with Gasteiger partial charge in [-0.15, -0.1) is 0 Å². The van der Waals surface area contributed by atoms with E-state index in [9.17, 15) is 9.59 Å². The van der Waals surface area contributed by atoms with E-state index < -0.39 is 5.54 Å². The Hall–Kier alpha value is -2.18. The second kappa shape index (κ2) is 8.23. The summed E-state index contributed by atoms with van der Waals surface area (Å²) in [7, 11) is 0. The minimum absolute atomic E-state index is 0.0617. The molecule has 0 bridgehead atoms. The minimum atomic E-state index is -0.892. The lowest BCUT2D eigenvalue weighted by Crippen LogP contribution is -2.59. The molecule has 0 unspecified atom stereocenters. The van der Waals surface area contributed by atoms with Gasteiger partial charge in [0.1, 0.15) is 0 Å². The summed E-state index contributed by atoms with van der Waals surface area (Å²) >= 11 is 0. The number of nitrogens with zero attached hydrogens (tertiary/aromatic N) is 1. The third-order valence-corrected chi connectivity index (χ3v) is 5.45. The number of amides is 2. The molecule has 6 nitrogen and oxygen atoms in total. The van der Waals surface area contributed by atoms with Crippen LogP contribution >= 0.6 is 0 Å². The van der Waals surface area contributed by atoms with Crippen molar-refractivity contribution in [3.8, 4) is 0 Å². The summed E-state index contributed by atoms with van der Waals surface area (Å²) in [6.45, 7) is 5.71. The average Bonchev–Trinajstić information content (AvgIpc) is 3.09. The van der Waals surface area contributed by atoms with Crippen molar-refractivity contribution in [1.82, 2.24) is 5.32 Å². The van der Waals surface area contributed by atoms with Gasteiger partial charge in [0, 0.05) is 37.6 Å². The SMILES string of the molecule is CC(C)[C@@H](/C=C/C(=O)N1CCc2ccccc21)NC(=O)C1(N)CCOCC1. The Bertz CT molecular complexity index is 723. The Morgan fingerprint density at radius 2 is 1.96 bits per heavy atom. The Balaban J connectivity index is 1.66. The molecular weight excluding hydrogens is 342 g/mol. The number of fused-ring (bicyclic) bond motifs is 1. The zero-order chi connectivity index (χ0) is 19.4. The number of carbonyl (C=O) groups is 2. The van der Waals surface area contributed by atoms with Crippen molar-refractivity contribution in [3.63, 3.8) is 0 Å². The Labute approximate surface area is 160 Å². The first-order valence-electron chi connectivity index (χ1n) is 9.66. The number of benzene rings is 1. The Morgan fingerprint density at radius 1 is 1.26 bits per heavy atom. The molecule has 1 aromatic carbocycles. The maximum atomic E-state index is 12.7. The molecule has 1 fully saturated rings. The minimum Gasteiger partial charge on any atom is -0.381 e. The van der Waals surface area contributed by atoms with Gasteiger partial charge in [0.05, 0.1) is 5.54 Å². The Kier molecular flexibility index (Phi) is 5.97. The zero-order valence-corrected chi connectivity index (χ0v) is 16.1. The van der Waals surface area contributed by atoms with Crippen LogP contribution in [-0.2, 0) is 20.7 Å². The van der Waals surface area contributed by atoms with E-state index in [1.807, 2.05) is 32.0 Å². The van der Waals surface area contributed by atoms with E-state index in [2.05, 4.69) is 11.4 Å². The number of carbonyl (C=O) groups excluding carboxylic acids is 2. The molecule has 27 heavy (non-hydrogen) atoms. The first-order valence-corrected chi connectivity index (χ1v) is 9.66. The van der Waals surface area contributed by atoms with Crippen molar-refractivity contribution in [3.05, 3.63) is 42.0 Å². The summed E-state index contributed by atoms with van der Waals surface area (Å²) in [5.74, 6) is -0.0891. The fraction of sp³-hybridized carbons (Fsp3) is 0.524. The molecular formula is C21H29N3O3. The van der Waals surface area contributed by atoms with Crippen LogP contribution in [0.1, 0.15) is 32.3 Å². The highest BCUT2D eigenvalue weighted by Gasteiger charge is 2.37. The highest BCUT2D eigenvalue weighted by Crippen LogP contribution is 2.27. The van der Waals surface area contributed by atoms with E-state index in [-0.39, 0.29) is 23.8 Å². The molecule has 3 N–H and O–H groups in total. The van der Waals surface area contributed by atoms with Crippen molar-refractivity contribution < 1.29 is 14.3 Å². The van der Waals surface area contributed by atoms with Crippen LogP contribution in [0.4, 0.5) is 5.69 Å². The van der Waals surface area contributed by atoms with Crippen LogP contribution in [0.15, 0.2) is 36.4 Å².